The predicted molar refractivity (Wildman–Crippen MR) is 97.6 cm³/mol. The highest BCUT2D eigenvalue weighted by Crippen LogP contribution is 2.37. The molecule has 1 amide bonds. The van der Waals surface area contributed by atoms with Crippen LogP contribution in [0.4, 0.5) is 18.9 Å². The number of amides is 1. The number of carbonyl (C=O) groups is 1. The van der Waals surface area contributed by atoms with E-state index in [4.69, 9.17) is 0 Å². The number of alkyl halides is 3. The molecule has 1 aliphatic heterocycles. The van der Waals surface area contributed by atoms with E-state index in [2.05, 4.69) is 0 Å². The van der Waals surface area contributed by atoms with Crippen molar-refractivity contribution in [3.63, 3.8) is 0 Å². The smallest absolute Gasteiger partial charge is 0.311 e. The summed E-state index contributed by atoms with van der Waals surface area (Å²) < 4.78 is 61.9. The standard InChI is InChI=1S/C18H16F3NO3S2/c1-27(24,25)16-5-3-2-4-14(16)26-15-10-11-22(17(15)23)13-8-6-12(7-9-13)18(19,20)21/h2-9,15H,10-11H2,1H3. The lowest BCUT2D eigenvalue weighted by atomic mass is 10.2. The zero-order valence-corrected chi connectivity index (χ0v) is 15.9. The molecule has 0 radical (unpaired) electrons. The average Bonchev–Trinajstić information content (AvgIpc) is 2.94. The van der Waals surface area contributed by atoms with Gasteiger partial charge in [-0.15, -0.1) is 11.8 Å². The fourth-order valence-corrected chi connectivity index (χ4v) is 5.31. The summed E-state index contributed by atoms with van der Waals surface area (Å²) in [7, 11) is -3.43. The molecule has 1 unspecified atom stereocenters. The molecule has 144 valence electrons. The molecule has 4 nitrogen and oxygen atoms in total. The molecular formula is C18H16F3NO3S2. The van der Waals surface area contributed by atoms with Crippen LogP contribution in [0.1, 0.15) is 12.0 Å². The summed E-state index contributed by atoms with van der Waals surface area (Å²) in [5.41, 5.74) is -0.376. The van der Waals surface area contributed by atoms with Crippen molar-refractivity contribution in [2.75, 3.05) is 17.7 Å². The Bertz CT molecular complexity index is 957. The van der Waals surface area contributed by atoms with Crippen molar-refractivity contribution >= 4 is 33.2 Å². The second kappa shape index (κ2) is 7.20. The molecule has 1 saturated heterocycles. The van der Waals surface area contributed by atoms with Gasteiger partial charge in [0.15, 0.2) is 9.84 Å². The number of carbonyl (C=O) groups excluding carboxylic acids is 1. The quantitative estimate of drug-likeness (QED) is 0.757. The highest BCUT2D eigenvalue weighted by molar-refractivity contribution is 8.01. The van der Waals surface area contributed by atoms with Gasteiger partial charge in [0.1, 0.15) is 0 Å². The number of rotatable bonds is 4. The van der Waals surface area contributed by atoms with Crippen molar-refractivity contribution in [1.29, 1.82) is 0 Å². The fourth-order valence-electron chi connectivity index (χ4n) is 2.86. The monoisotopic (exact) mass is 415 g/mol. The first-order valence-corrected chi connectivity index (χ1v) is 10.8. The largest absolute Gasteiger partial charge is 0.416 e. The van der Waals surface area contributed by atoms with Crippen LogP contribution in [0.25, 0.3) is 0 Å². The van der Waals surface area contributed by atoms with E-state index in [1.807, 2.05) is 0 Å². The van der Waals surface area contributed by atoms with Gasteiger partial charge < -0.3 is 4.90 Å². The fraction of sp³-hybridized carbons (Fsp3) is 0.278. The summed E-state index contributed by atoms with van der Waals surface area (Å²) in [6.07, 6.45) is -2.85. The molecule has 2 aromatic carbocycles. The third kappa shape index (κ3) is 4.30. The van der Waals surface area contributed by atoms with Gasteiger partial charge in [0.25, 0.3) is 0 Å². The molecule has 0 aromatic heterocycles. The lowest BCUT2D eigenvalue weighted by Crippen LogP contribution is -2.28. The number of thioether (sulfide) groups is 1. The average molecular weight is 415 g/mol. The van der Waals surface area contributed by atoms with Gasteiger partial charge in [-0.1, -0.05) is 12.1 Å². The van der Waals surface area contributed by atoms with Gasteiger partial charge in [0, 0.05) is 23.4 Å². The number of sulfone groups is 1. The van der Waals surface area contributed by atoms with Crippen LogP contribution in [0.2, 0.25) is 0 Å². The number of nitrogens with zero attached hydrogens (tertiary/aromatic N) is 1. The van der Waals surface area contributed by atoms with Gasteiger partial charge in [0.2, 0.25) is 5.91 Å². The second-order valence-electron chi connectivity index (χ2n) is 6.15. The Kier molecular flexibility index (Phi) is 5.27. The zero-order chi connectivity index (χ0) is 19.8. The van der Waals surface area contributed by atoms with Crippen LogP contribution < -0.4 is 4.90 Å². The molecule has 1 fully saturated rings. The van der Waals surface area contributed by atoms with Crippen LogP contribution in [0, 0.1) is 0 Å². The summed E-state index contributed by atoms with van der Waals surface area (Å²) in [5, 5.41) is -0.491. The summed E-state index contributed by atoms with van der Waals surface area (Å²) in [4.78, 5) is 14.8. The molecule has 27 heavy (non-hydrogen) atoms. The molecule has 2 aromatic rings. The number of halogens is 3. The minimum absolute atomic E-state index is 0.163. The molecule has 0 aliphatic carbocycles. The van der Waals surface area contributed by atoms with Crippen molar-refractivity contribution in [3.05, 3.63) is 54.1 Å². The summed E-state index contributed by atoms with van der Waals surface area (Å²) in [6, 6.07) is 10.9. The van der Waals surface area contributed by atoms with E-state index in [1.54, 1.807) is 18.2 Å². The van der Waals surface area contributed by atoms with Gasteiger partial charge in [-0.05, 0) is 42.8 Å². The highest BCUT2D eigenvalue weighted by Gasteiger charge is 2.35. The molecule has 1 heterocycles. The molecule has 0 spiro atoms. The Hall–Kier alpha value is -2.00. The van der Waals surface area contributed by atoms with Gasteiger partial charge >= 0.3 is 6.18 Å². The Balaban J connectivity index is 1.78. The number of hydrogen-bond acceptors (Lipinski definition) is 4. The van der Waals surface area contributed by atoms with Crippen molar-refractivity contribution in [1.82, 2.24) is 0 Å². The van der Waals surface area contributed by atoms with E-state index in [1.165, 1.54) is 34.9 Å². The second-order valence-corrected chi connectivity index (χ2v) is 9.38. The van der Waals surface area contributed by atoms with E-state index < -0.39 is 26.8 Å². The normalized spacial score (nSPS) is 18.1. The van der Waals surface area contributed by atoms with E-state index in [-0.39, 0.29) is 10.8 Å². The van der Waals surface area contributed by atoms with Crippen LogP contribution in [0.15, 0.2) is 58.3 Å². The molecule has 3 rings (SSSR count). The molecule has 0 bridgehead atoms. The predicted octanol–water partition coefficient (Wildman–Crippen LogP) is 4.01. The lowest BCUT2D eigenvalue weighted by Gasteiger charge is -2.18. The third-order valence-electron chi connectivity index (χ3n) is 4.18. The van der Waals surface area contributed by atoms with Gasteiger partial charge in [-0.2, -0.15) is 13.2 Å². The van der Waals surface area contributed by atoms with E-state index in [0.29, 0.717) is 23.5 Å². The Morgan fingerprint density at radius 3 is 2.30 bits per heavy atom. The van der Waals surface area contributed by atoms with Crippen LogP contribution in [-0.4, -0.2) is 32.4 Å². The first-order valence-electron chi connectivity index (χ1n) is 8.02. The maximum absolute atomic E-state index is 12.7. The molecule has 0 N–H and O–H groups in total. The van der Waals surface area contributed by atoms with E-state index in [9.17, 15) is 26.4 Å². The molecule has 1 atom stereocenters. The van der Waals surface area contributed by atoms with Crippen LogP contribution >= 0.6 is 11.8 Å². The summed E-state index contributed by atoms with van der Waals surface area (Å²) >= 11 is 1.17. The van der Waals surface area contributed by atoms with E-state index in [0.717, 1.165) is 18.4 Å². The number of anilines is 1. The van der Waals surface area contributed by atoms with Gasteiger partial charge in [-0.25, -0.2) is 8.42 Å². The topological polar surface area (TPSA) is 54.5 Å². The lowest BCUT2D eigenvalue weighted by molar-refractivity contribution is -0.137. The third-order valence-corrected chi connectivity index (χ3v) is 6.80. The van der Waals surface area contributed by atoms with Crippen molar-refractivity contribution in [2.24, 2.45) is 0 Å². The maximum Gasteiger partial charge on any atom is 0.416 e. The van der Waals surface area contributed by atoms with Crippen LogP contribution in [0.5, 0.6) is 0 Å². The van der Waals surface area contributed by atoms with Gasteiger partial charge in [0.05, 0.1) is 15.7 Å². The summed E-state index contributed by atoms with van der Waals surface area (Å²) in [6.45, 7) is 0.364. The van der Waals surface area contributed by atoms with E-state index >= 15 is 0 Å². The minimum Gasteiger partial charge on any atom is -0.311 e. The van der Waals surface area contributed by atoms with Crippen molar-refractivity contribution in [3.8, 4) is 0 Å². The Labute approximate surface area is 159 Å². The Morgan fingerprint density at radius 2 is 1.70 bits per heavy atom. The van der Waals surface area contributed by atoms with Gasteiger partial charge in [-0.3, -0.25) is 4.79 Å². The molecule has 0 saturated carbocycles. The Morgan fingerprint density at radius 1 is 1.07 bits per heavy atom. The maximum atomic E-state index is 12.7. The van der Waals surface area contributed by atoms with Crippen molar-refractivity contribution < 1.29 is 26.4 Å². The zero-order valence-electron chi connectivity index (χ0n) is 14.2. The molecule has 1 aliphatic rings. The molecule has 9 heteroatoms. The SMILES string of the molecule is CS(=O)(=O)c1ccccc1SC1CCN(c2ccc(C(F)(F)F)cc2)C1=O. The molecular weight excluding hydrogens is 399 g/mol. The highest BCUT2D eigenvalue weighted by atomic mass is 32.2. The first kappa shape index (κ1) is 19.8. The minimum atomic E-state index is -4.43. The number of hydrogen-bond donors (Lipinski definition) is 0. The number of benzene rings is 2. The van der Waals surface area contributed by atoms with Crippen LogP contribution in [-0.2, 0) is 20.8 Å². The first-order chi connectivity index (χ1) is 12.6. The van der Waals surface area contributed by atoms with Crippen molar-refractivity contribution in [2.45, 2.75) is 27.6 Å². The van der Waals surface area contributed by atoms with Crippen LogP contribution in [0.3, 0.4) is 0 Å². The summed E-state index contributed by atoms with van der Waals surface area (Å²) in [5.74, 6) is -0.247.